The Balaban J connectivity index is 2.21. The summed E-state index contributed by atoms with van der Waals surface area (Å²) in [4.78, 5) is 25.9. The predicted octanol–water partition coefficient (Wildman–Crippen LogP) is 2.38. The zero-order valence-corrected chi connectivity index (χ0v) is 12.9. The third kappa shape index (κ3) is 4.19. The summed E-state index contributed by atoms with van der Waals surface area (Å²) in [5.41, 5.74) is 2.68. The lowest BCUT2D eigenvalue weighted by Crippen LogP contribution is -2.39. The molecule has 2 rings (SSSR count). The highest BCUT2D eigenvalue weighted by atomic mass is 16.2. The first-order chi connectivity index (χ1) is 10.6. The lowest BCUT2D eigenvalue weighted by atomic mass is 10.1. The molecule has 2 aromatic carbocycles. The van der Waals surface area contributed by atoms with Crippen molar-refractivity contribution in [2.75, 3.05) is 13.6 Å². The number of hydrogen-bond donors (Lipinski definition) is 1. The average Bonchev–Trinajstić information content (AvgIpc) is 2.55. The van der Waals surface area contributed by atoms with Crippen molar-refractivity contribution in [3.63, 3.8) is 0 Å². The van der Waals surface area contributed by atoms with Gasteiger partial charge in [0.25, 0.3) is 5.91 Å². The lowest BCUT2D eigenvalue weighted by Gasteiger charge is -2.22. The van der Waals surface area contributed by atoms with Crippen molar-refractivity contribution in [2.24, 2.45) is 0 Å². The molecule has 0 unspecified atom stereocenters. The molecule has 2 aromatic rings. The summed E-state index contributed by atoms with van der Waals surface area (Å²) in [7, 11) is 1.57. The predicted molar refractivity (Wildman–Crippen MR) is 86.4 cm³/mol. The van der Waals surface area contributed by atoms with Gasteiger partial charge in [-0.15, -0.1) is 0 Å². The number of nitrogens with one attached hydrogen (secondary N) is 1. The molecule has 114 valence electrons. The van der Waals surface area contributed by atoms with Crippen LogP contribution >= 0.6 is 0 Å². The topological polar surface area (TPSA) is 49.4 Å². The minimum absolute atomic E-state index is 0.0398. The van der Waals surface area contributed by atoms with Crippen molar-refractivity contribution >= 4 is 11.8 Å². The normalized spacial score (nSPS) is 10.1. The van der Waals surface area contributed by atoms with E-state index >= 15 is 0 Å². The van der Waals surface area contributed by atoms with Gasteiger partial charge in [0.05, 0.1) is 0 Å². The Morgan fingerprint density at radius 1 is 1.00 bits per heavy atom. The molecule has 0 saturated carbocycles. The summed E-state index contributed by atoms with van der Waals surface area (Å²) in [6.07, 6.45) is 0. The second kappa shape index (κ2) is 7.41. The van der Waals surface area contributed by atoms with Crippen molar-refractivity contribution in [3.05, 3.63) is 71.3 Å². The quantitative estimate of drug-likeness (QED) is 0.921. The van der Waals surface area contributed by atoms with E-state index in [9.17, 15) is 9.59 Å². The van der Waals surface area contributed by atoms with Crippen LogP contribution in [0.25, 0.3) is 0 Å². The van der Waals surface area contributed by atoms with Gasteiger partial charge in [-0.05, 0) is 24.6 Å². The first-order valence-electron chi connectivity index (χ1n) is 7.20. The van der Waals surface area contributed by atoms with Crippen molar-refractivity contribution in [2.45, 2.75) is 13.5 Å². The van der Waals surface area contributed by atoms with Crippen LogP contribution in [0.4, 0.5) is 0 Å². The van der Waals surface area contributed by atoms with Gasteiger partial charge in [-0.1, -0.05) is 48.0 Å². The molecule has 0 aromatic heterocycles. The molecule has 4 heteroatoms. The Labute approximate surface area is 130 Å². The molecule has 2 amide bonds. The van der Waals surface area contributed by atoms with E-state index in [1.165, 1.54) is 0 Å². The minimum atomic E-state index is -0.184. The van der Waals surface area contributed by atoms with Gasteiger partial charge in [0.1, 0.15) is 6.54 Å². The Bertz CT molecular complexity index is 636. The fraction of sp³-hybridized carbons (Fsp3) is 0.222. The van der Waals surface area contributed by atoms with Crippen molar-refractivity contribution in [3.8, 4) is 0 Å². The van der Waals surface area contributed by atoms with E-state index < -0.39 is 0 Å². The summed E-state index contributed by atoms with van der Waals surface area (Å²) in [6.45, 7) is 2.42. The second-order valence-electron chi connectivity index (χ2n) is 5.19. The third-order valence-corrected chi connectivity index (χ3v) is 3.42. The Morgan fingerprint density at radius 3 is 2.23 bits per heavy atom. The summed E-state index contributed by atoms with van der Waals surface area (Å²) >= 11 is 0. The van der Waals surface area contributed by atoms with Gasteiger partial charge in [-0.25, -0.2) is 0 Å². The fourth-order valence-electron chi connectivity index (χ4n) is 2.13. The second-order valence-corrected chi connectivity index (χ2v) is 5.19. The molecule has 0 atom stereocenters. The van der Waals surface area contributed by atoms with Crippen LogP contribution in [0.3, 0.4) is 0 Å². The Hall–Kier alpha value is -2.62. The van der Waals surface area contributed by atoms with E-state index in [-0.39, 0.29) is 18.4 Å². The largest absolute Gasteiger partial charge is 0.358 e. The van der Waals surface area contributed by atoms with Gasteiger partial charge in [0.15, 0.2) is 0 Å². The number of amides is 2. The maximum absolute atomic E-state index is 12.7. The van der Waals surface area contributed by atoms with Crippen molar-refractivity contribution < 1.29 is 9.59 Å². The molecule has 0 heterocycles. The number of likely N-dealkylation sites (N-methyl/N-ethyl adjacent to an activating group) is 1. The molecule has 0 radical (unpaired) electrons. The summed E-state index contributed by atoms with van der Waals surface area (Å²) < 4.78 is 0. The van der Waals surface area contributed by atoms with E-state index in [0.29, 0.717) is 12.1 Å². The van der Waals surface area contributed by atoms with E-state index in [1.807, 2.05) is 49.4 Å². The number of aryl methyl sites for hydroxylation is 1. The Kier molecular flexibility index (Phi) is 5.31. The SMILES string of the molecule is CNC(=O)CN(Cc1ccccc1)C(=O)c1ccc(C)cc1. The fourth-order valence-corrected chi connectivity index (χ4v) is 2.13. The number of hydrogen-bond acceptors (Lipinski definition) is 2. The molecule has 0 saturated heterocycles. The lowest BCUT2D eigenvalue weighted by molar-refractivity contribution is -0.121. The van der Waals surface area contributed by atoms with Gasteiger partial charge in [-0.3, -0.25) is 9.59 Å². The van der Waals surface area contributed by atoms with Crippen LogP contribution in [-0.2, 0) is 11.3 Å². The van der Waals surface area contributed by atoms with Gasteiger partial charge in [0.2, 0.25) is 5.91 Å². The third-order valence-electron chi connectivity index (χ3n) is 3.42. The number of carbonyl (C=O) groups is 2. The smallest absolute Gasteiger partial charge is 0.254 e. The highest BCUT2D eigenvalue weighted by Gasteiger charge is 2.18. The summed E-state index contributed by atoms with van der Waals surface area (Å²) in [6, 6.07) is 17.0. The van der Waals surface area contributed by atoms with Gasteiger partial charge in [0, 0.05) is 19.2 Å². The van der Waals surface area contributed by atoms with Gasteiger partial charge in [-0.2, -0.15) is 0 Å². The van der Waals surface area contributed by atoms with Crippen LogP contribution in [0.15, 0.2) is 54.6 Å². The number of carbonyl (C=O) groups excluding carboxylic acids is 2. The van der Waals surface area contributed by atoms with Crippen molar-refractivity contribution in [1.82, 2.24) is 10.2 Å². The number of rotatable bonds is 5. The van der Waals surface area contributed by atoms with E-state index in [1.54, 1.807) is 24.1 Å². The van der Waals surface area contributed by atoms with Crippen LogP contribution in [0.5, 0.6) is 0 Å². The van der Waals surface area contributed by atoms with E-state index in [2.05, 4.69) is 5.32 Å². The number of nitrogens with zero attached hydrogens (tertiary/aromatic N) is 1. The highest BCUT2D eigenvalue weighted by molar-refractivity contribution is 5.96. The number of benzene rings is 2. The highest BCUT2D eigenvalue weighted by Crippen LogP contribution is 2.11. The van der Waals surface area contributed by atoms with Crippen LogP contribution < -0.4 is 5.32 Å². The molecule has 0 bridgehead atoms. The summed E-state index contributed by atoms with van der Waals surface area (Å²) in [5.74, 6) is -0.330. The molecule has 1 N–H and O–H groups in total. The first kappa shape index (κ1) is 15.8. The van der Waals surface area contributed by atoms with Gasteiger partial charge >= 0.3 is 0 Å². The summed E-state index contributed by atoms with van der Waals surface area (Å²) in [5, 5.41) is 2.56. The van der Waals surface area contributed by atoms with Gasteiger partial charge < -0.3 is 10.2 Å². The first-order valence-corrected chi connectivity index (χ1v) is 7.20. The molecule has 4 nitrogen and oxygen atoms in total. The molecule has 0 aliphatic heterocycles. The van der Waals surface area contributed by atoms with Crippen LogP contribution in [-0.4, -0.2) is 30.3 Å². The molecule has 0 fully saturated rings. The van der Waals surface area contributed by atoms with Crippen LogP contribution in [0, 0.1) is 6.92 Å². The van der Waals surface area contributed by atoms with Crippen LogP contribution in [0.1, 0.15) is 21.5 Å². The minimum Gasteiger partial charge on any atom is -0.358 e. The van der Waals surface area contributed by atoms with E-state index in [0.717, 1.165) is 11.1 Å². The zero-order chi connectivity index (χ0) is 15.9. The molecular formula is C18H20N2O2. The van der Waals surface area contributed by atoms with E-state index in [4.69, 9.17) is 0 Å². The standard InChI is InChI=1S/C18H20N2O2/c1-14-8-10-16(11-9-14)18(22)20(13-17(21)19-2)12-15-6-4-3-5-7-15/h3-11H,12-13H2,1-2H3,(H,19,21). The molecule has 22 heavy (non-hydrogen) atoms. The maximum Gasteiger partial charge on any atom is 0.254 e. The maximum atomic E-state index is 12.7. The average molecular weight is 296 g/mol. The molecule has 0 aliphatic rings. The molecule has 0 aliphatic carbocycles. The van der Waals surface area contributed by atoms with Crippen LogP contribution in [0.2, 0.25) is 0 Å². The molecule has 0 spiro atoms. The monoisotopic (exact) mass is 296 g/mol. The Morgan fingerprint density at radius 2 is 1.64 bits per heavy atom. The molecular weight excluding hydrogens is 276 g/mol. The van der Waals surface area contributed by atoms with Crippen molar-refractivity contribution in [1.29, 1.82) is 0 Å². The zero-order valence-electron chi connectivity index (χ0n) is 12.9.